The fourth-order valence-corrected chi connectivity index (χ4v) is 2.31. The molecular weight excluding hydrogens is 381 g/mol. The molecule has 5 heteroatoms. The Morgan fingerprint density at radius 3 is 2.62 bits per heavy atom. The van der Waals surface area contributed by atoms with Crippen LogP contribution in [0, 0.1) is 3.57 Å². The predicted molar refractivity (Wildman–Crippen MR) is 89.7 cm³/mol. The van der Waals surface area contributed by atoms with E-state index in [1.54, 1.807) is 30.3 Å². The standard InChI is InChI=1S/C16H14INO3/c1-11(19)14-7-2-3-8-15(14)18-16(20)10-21-13-6-4-5-12(17)9-13/h2-9H,10H2,1H3,(H,18,20). The number of rotatable bonds is 5. The summed E-state index contributed by atoms with van der Waals surface area (Å²) in [6.07, 6.45) is 0. The van der Waals surface area contributed by atoms with Crippen LogP contribution in [0.15, 0.2) is 48.5 Å². The summed E-state index contributed by atoms with van der Waals surface area (Å²) >= 11 is 2.17. The van der Waals surface area contributed by atoms with E-state index >= 15 is 0 Å². The zero-order valence-corrected chi connectivity index (χ0v) is 13.6. The lowest BCUT2D eigenvalue weighted by atomic mass is 10.1. The number of hydrogen-bond donors (Lipinski definition) is 1. The zero-order valence-electron chi connectivity index (χ0n) is 11.4. The molecule has 1 amide bonds. The Balaban J connectivity index is 1.98. The van der Waals surface area contributed by atoms with Crippen LogP contribution in [0.3, 0.4) is 0 Å². The third-order valence-corrected chi connectivity index (χ3v) is 3.42. The van der Waals surface area contributed by atoms with Gasteiger partial charge in [-0.2, -0.15) is 0 Å². The number of hydrogen-bond acceptors (Lipinski definition) is 3. The van der Waals surface area contributed by atoms with Crippen molar-refractivity contribution in [3.8, 4) is 5.75 Å². The highest BCUT2D eigenvalue weighted by atomic mass is 127. The van der Waals surface area contributed by atoms with Crippen molar-refractivity contribution in [1.82, 2.24) is 0 Å². The number of carbonyl (C=O) groups excluding carboxylic acids is 2. The first kappa shape index (κ1) is 15.5. The third kappa shape index (κ3) is 4.56. The molecule has 0 bridgehead atoms. The average Bonchev–Trinajstić information content (AvgIpc) is 2.45. The maximum Gasteiger partial charge on any atom is 0.262 e. The van der Waals surface area contributed by atoms with Gasteiger partial charge in [0.15, 0.2) is 12.4 Å². The monoisotopic (exact) mass is 395 g/mol. The molecule has 2 aromatic rings. The van der Waals surface area contributed by atoms with Gasteiger partial charge in [-0.05, 0) is 59.8 Å². The van der Waals surface area contributed by atoms with Gasteiger partial charge in [0.05, 0.1) is 5.69 Å². The van der Waals surface area contributed by atoms with E-state index < -0.39 is 0 Å². The summed E-state index contributed by atoms with van der Waals surface area (Å²) in [6.45, 7) is 1.36. The lowest BCUT2D eigenvalue weighted by molar-refractivity contribution is -0.118. The van der Waals surface area contributed by atoms with Crippen LogP contribution in [0.25, 0.3) is 0 Å². The van der Waals surface area contributed by atoms with Gasteiger partial charge < -0.3 is 10.1 Å². The molecule has 0 radical (unpaired) electrons. The molecule has 0 spiro atoms. The molecular formula is C16H14INO3. The first-order chi connectivity index (χ1) is 10.1. The van der Waals surface area contributed by atoms with Crippen molar-refractivity contribution in [3.05, 3.63) is 57.7 Å². The lowest BCUT2D eigenvalue weighted by Crippen LogP contribution is -2.21. The molecule has 21 heavy (non-hydrogen) atoms. The number of halogens is 1. The van der Waals surface area contributed by atoms with Crippen molar-refractivity contribution < 1.29 is 14.3 Å². The lowest BCUT2D eigenvalue weighted by Gasteiger charge is -2.10. The van der Waals surface area contributed by atoms with Gasteiger partial charge in [0.2, 0.25) is 0 Å². The molecule has 0 aromatic heterocycles. The van der Waals surface area contributed by atoms with Crippen LogP contribution >= 0.6 is 22.6 Å². The molecule has 2 aromatic carbocycles. The second-order valence-corrected chi connectivity index (χ2v) is 5.64. The summed E-state index contributed by atoms with van der Waals surface area (Å²) < 4.78 is 6.45. The summed E-state index contributed by atoms with van der Waals surface area (Å²) in [5.74, 6) is 0.240. The SMILES string of the molecule is CC(=O)c1ccccc1NC(=O)COc1cccc(I)c1. The average molecular weight is 395 g/mol. The van der Waals surface area contributed by atoms with Gasteiger partial charge in [-0.25, -0.2) is 0 Å². The van der Waals surface area contributed by atoms with Crippen LogP contribution in [-0.2, 0) is 4.79 Å². The van der Waals surface area contributed by atoms with E-state index in [4.69, 9.17) is 4.74 Å². The highest BCUT2D eigenvalue weighted by molar-refractivity contribution is 14.1. The molecule has 4 nitrogen and oxygen atoms in total. The molecule has 0 heterocycles. The van der Waals surface area contributed by atoms with Crippen molar-refractivity contribution in [1.29, 1.82) is 0 Å². The smallest absolute Gasteiger partial charge is 0.262 e. The Labute approximate surface area is 136 Å². The highest BCUT2D eigenvalue weighted by Gasteiger charge is 2.10. The van der Waals surface area contributed by atoms with Crippen LogP contribution in [0.2, 0.25) is 0 Å². The van der Waals surface area contributed by atoms with Crippen molar-refractivity contribution in [2.45, 2.75) is 6.92 Å². The molecule has 0 aliphatic heterocycles. The number of Topliss-reactive ketones (excluding diaryl/α,β-unsaturated/α-hetero) is 1. The second kappa shape index (κ2) is 7.21. The fourth-order valence-electron chi connectivity index (χ4n) is 1.79. The van der Waals surface area contributed by atoms with Gasteiger partial charge in [0.25, 0.3) is 5.91 Å². The van der Waals surface area contributed by atoms with Gasteiger partial charge in [-0.1, -0.05) is 18.2 Å². The number of nitrogens with one attached hydrogen (secondary N) is 1. The maximum atomic E-state index is 11.9. The van der Waals surface area contributed by atoms with Crippen LogP contribution in [0.5, 0.6) is 5.75 Å². The first-order valence-corrected chi connectivity index (χ1v) is 7.42. The number of ether oxygens (including phenoxy) is 1. The van der Waals surface area contributed by atoms with E-state index in [0.29, 0.717) is 17.0 Å². The number of ketones is 1. The van der Waals surface area contributed by atoms with Crippen molar-refractivity contribution >= 4 is 40.0 Å². The number of amides is 1. The van der Waals surface area contributed by atoms with Crippen LogP contribution in [0.1, 0.15) is 17.3 Å². The second-order valence-electron chi connectivity index (χ2n) is 4.40. The van der Waals surface area contributed by atoms with E-state index in [2.05, 4.69) is 27.9 Å². The summed E-state index contributed by atoms with van der Waals surface area (Å²) in [5, 5.41) is 2.69. The number of benzene rings is 2. The molecule has 0 saturated carbocycles. The number of para-hydroxylation sites is 1. The van der Waals surface area contributed by atoms with Gasteiger partial charge in [-0.3, -0.25) is 9.59 Å². The minimum atomic E-state index is -0.303. The molecule has 108 valence electrons. The fraction of sp³-hybridized carbons (Fsp3) is 0.125. The molecule has 0 aliphatic carbocycles. The first-order valence-electron chi connectivity index (χ1n) is 6.34. The van der Waals surface area contributed by atoms with E-state index in [9.17, 15) is 9.59 Å². The largest absolute Gasteiger partial charge is 0.484 e. The quantitative estimate of drug-likeness (QED) is 0.623. The Hall–Kier alpha value is -1.89. The summed E-state index contributed by atoms with van der Waals surface area (Å²) in [5.41, 5.74) is 0.987. The Bertz CT molecular complexity index is 670. The Morgan fingerprint density at radius 2 is 1.90 bits per heavy atom. The molecule has 2 rings (SSSR count). The molecule has 1 N–H and O–H groups in total. The van der Waals surface area contributed by atoms with Crippen LogP contribution in [0.4, 0.5) is 5.69 Å². The van der Waals surface area contributed by atoms with Gasteiger partial charge in [0, 0.05) is 9.13 Å². The summed E-state index contributed by atoms with van der Waals surface area (Å²) in [4.78, 5) is 23.4. The van der Waals surface area contributed by atoms with E-state index in [-0.39, 0.29) is 18.3 Å². The predicted octanol–water partition coefficient (Wildman–Crippen LogP) is 3.51. The molecule has 0 fully saturated rings. The Morgan fingerprint density at radius 1 is 1.14 bits per heavy atom. The van der Waals surface area contributed by atoms with E-state index in [1.807, 2.05) is 18.2 Å². The number of carbonyl (C=O) groups is 2. The van der Waals surface area contributed by atoms with Crippen LogP contribution in [-0.4, -0.2) is 18.3 Å². The van der Waals surface area contributed by atoms with Crippen molar-refractivity contribution in [2.24, 2.45) is 0 Å². The molecule has 0 atom stereocenters. The van der Waals surface area contributed by atoms with Crippen molar-refractivity contribution in [3.63, 3.8) is 0 Å². The Kier molecular flexibility index (Phi) is 5.32. The van der Waals surface area contributed by atoms with E-state index in [0.717, 1.165) is 3.57 Å². The molecule has 0 aliphatic rings. The topological polar surface area (TPSA) is 55.4 Å². The summed E-state index contributed by atoms with van der Waals surface area (Å²) in [7, 11) is 0. The summed E-state index contributed by atoms with van der Waals surface area (Å²) in [6, 6.07) is 14.3. The van der Waals surface area contributed by atoms with Crippen molar-refractivity contribution in [2.75, 3.05) is 11.9 Å². The highest BCUT2D eigenvalue weighted by Crippen LogP contribution is 2.17. The minimum absolute atomic E-state index is 0.0931. The maximum absolute atomic E-state index is 11.9. The van der Waals surface area contributed by atoms with E-state index in [1.165, 1.54) is 6.92 Å². The molecule has 0 unspecified atom stereocenters. The number of anilines is 1. The third-order valence-electron chi connectivity index (χ3n) is 2.75. The minimum Gasteiger partial charge on any atom is -0.484 e. The molecule has 0 saturated heterocycles. The normalized spacial score (nSPS) is 10.0. The van der Waals surface area contributed by atoms with Gasteiger partial charge >= 0.3 is 0 Å². The van der Waals surface area contributed by atoms with Crippen LogP contribution < -0.4 is 10.1 Å². The van der Waals surface area contributed by atoms with Gasteiger partial charge in [0.1, 0.15) is 5.75 Å². The zero-order chi connectivity index (χ0) is 15.2. The van der Waals surface area contributed by atoms with Gasteiger partial charge in [-0.15, -0.1) is 0 Å².